The largest absolute Gasteiger partial charge is 0.326 e. The normalized spacial score (nSPS) is 21.3. The zero-order valence-corrected chi connectivity index (χ0v) is 22.7. The highest BCUT2D eigenvalue weighted by Crippen LogP contribution is 2.31. The molecule has 14 heteroatoms. The van der Waals surface area contributed by atoms with Gasteiger partial charge in [-0.3, -0.25) is 49.0 Å². The third kappa shape index (κ3) is 5.34. The molecule has 4 aliphatic heterocycles. The van der Waals surface area contributed by atoms with Gasteiger partial charge in [-0.25, -0.2) is 0 Å². The smallest absolute Gasteiger partial charge is 0.255 e. The molecule has 220 valence electrons. The molecule has 43 heavy (non-hydrogen) atoms. The number of carbonyl (C=O) groups is 8. The summed E-state index contributed by atoms with van der Waals surface area (Å²) in [4.78, 5) is 101. The number of carbonyl (C=O) groups excluding carboxylic acids is 8. The number of amides is 8. The number of rotatable bonds is 6. The molecule has 2 aromatic rings. The van der Waals surface area contributed by atoms with Crippen molar-refractivity contribution in [3.8, 4) is 0 Å². The number of nitrogens with zero attached hydrogens (tertiary/aromatic N) is 2. The average molecular weight is 587 g/mol. The van der Waals surface area contributed by atoms with Gasteiger partial charge in [0.05, 0.1) is 0 Å². The van der Waals surface area contributed by atoms with Crippen molar-refractivity contribution in [2.24, 2.45) is 0 Å². The Kier molecular flexibility index (Phi) is 6.96. The van der Waals surface area contributed by atoms with Crippen LogP contribution in [0.1, 0.15) is 63.9 Å². The quantitative estimate of drug-likeness (QED) is 0.272. The maximum absolute atomic E-state index is 13.0. The lowest BCUT2D eigenvalue weighted by molar-refractivity contribution is -0.138. The molecule has 0 aromatic heterocycles. The fourth-order valence-electron chi connectivity index (χ4n) is 5.82. The van der Waals surface area contributed by atoms with E-state index in [2.05, 4.69) is 21.3 Å². The molecule has 6 rings (SSSR count). The van der Waals surface area contributed by atoms with Crippen molar-refractivity contribution < 1.29 is 38.4 Å². The van der Waals surface area contributed by atoms with Gasteiger partial charge in [-0.2, -0.15) is 0 Å². The molecule has 4 aliphatic rings. The minimum absolute atomic E-state index is 0.141. The number of nitrogens with one attached hydrogen (secondary N) is 4. The van der Waals surface area contributed by atoms with E-state index >= 15 is 0 Å². The van der Waals surface area contributed by atoms with Gasteiger partial charge >= 0.3 is 0 Å². The molecule has 4 heterocycles. The maximum atomic E-state index is 13.0. The standard InChI is InChI=1S/C29H26N6O8/c36-22-7-5-20(26(40)32-22)34-12-14-1-3-16(9-18(14)28(34)42)30-24(38)11-25(39)31-17-4-2-15-13-35(29(43)19(15)10-17)21-6-8-23(37)33-27(21)41/h1-4,9-10,20-21H,5-8,11-13H2,(H,30,38)(H,31,39)(H,32,36,40)(H,33,37,41). The topological polar surface area (TPSA) is 191 Å². The molecule has 2 atom stereocenters. The van der Waals surface area contributed by atoms with Crippen molar-refractivity contribution in [2.75, 3.05) is 10.6 Å². The van der Waals surface area contributed by atoms with E-state index in [0.29, 0.717) is 33.6 Å². The maximum Gasteiger partial charge on any atom is 0.255 e. The highest BCUT2D eigenvalue weighted by atomic mass is 16.2. The van der Waals surface area contributed by atoms with Crippen LogP contribution in [0.25, 0.3) is 0 Å². The summed E-state index contributed by atoms with van der Waals surface area (Å²) >= 11 is 0. The summed E-state index contributed by atoms with van der Waals surface area (Å²) in [5.74, 6) is -3.83. The summed E-state index contributed by atoms with van der Waals surface area (Å²) in [6.45, 7) is 0.400. The summed E-state index contributed by atoms with van der Waals surface area (Å²) in [5, 5.41) is 9.70. The van der Waals surface area contributed by atoms with E-state index in [0.717, 1.165) is 0 Å². The summed E-state index contributed by atoms with van der Waals surface area (Å²) in [6.07, 6.45) is 0.213. The van der Waals surface area contributed by atoms with Gasteiger partial charge in [-0.15, -0.1) is 0 Å². The van der Waals surface area contributed by atoms with Gasteiger partial charge in [0.2, 0.25) is 35.4 Å². The van der Waals surface area contributed by atoms with Crippen LogP contribution in [-0.4, -0.2) is 69.1 Å². The van der Waals surface area contributed by atoms with Crippen molar-refractivity contribution in [2.45, 2.75) is 57.3 Å². The van der Waals surface area contributed by atoms with Gasteiger partial charge in [-0.1, -0.05) is 12.1 Å². The molecule has 2 fully saturated rings. The molecule has 0 radical (unpaired) electrons. The Hall–Kier alpha value is -5.40. The van der Waals surface area contributed by atoms with E-state index in [4.69, 9.17) is 0 Å². The van der Waals surface area contributed by atoms with Crippen LogP contribution < -0.4 is 21.3 Å². The fraction of sp³-hybridized carbons (Fsp3) is 0.310. The lowest BCUT2D eigenvalue weighted by atomic mass is 10.0. The van der Waals surface area contributed by atoms with Gasteiger partial charge in [0.25, 0.3) is 11.8 Å². The van der Waals surface area contributed by atoms with E-state index in [1.54, 1.807) is 24.3 Å². The van der Waals surface area contributed by atoms with Gasteiger partial charge < -0.3 is 20.4 Å². The van der Waals surface area contributed by atoms with Gasteiger partial charge in [-0.05, 0) is 48.2 Å². The number of hydrogen-bond acceptors (Lipinski definition) is 8. The molecule has 0 aliphatic carbocycles. The summed E-state index contributed by atoms with van der Waals surface area (Å²) in [7, 11) is 0. The monoisotopic (exact) mass is 586 g/mol. The van der Waals surface area contributed by atoms with Crippen molar-refractivity contribution in [1.82, 2.24) is 20.4 Å². The Labute approximate surface area is 244 Å². The number of imide groups is 2. The molecule has 2 saturated heterocycles. The lowest BCUT2D eigenvalue weighted by Crippen LogP contribution is -2.52. The van der Waals surface area contributed by atoms with E-state index in [1.165, 1.54) is 21.9 Å². The summed E-state index contributed by atoms with van der Waals surface area (Å²) in [5.41, 5.74) is 2.58. The molecule has 8 amide bonds. The average Bonchev–Trinajstić information content (AvgIpc) is 3.44. The fourth-order valence-corrected chi connectivity index (χ4v) is 5.82. The molecule has 0 saturated carbocycles. The second-order valence-electron chi connectivity index (χ2n) is 10.8. The third-order valence-corrected chi connectivity index (χ3v) is 7.94. The van der Waals surface area contributed by atoms with E-state index < -0.39 is 42.1 Å². The first-order chi connectivity index (χ1) is 20.6. The van der Waals surface area contributed by atoms with Crippen LogP contribution in [0.3, 0.4) is 0 Å². The number of benzene rings is 2. The minimum atomic E-state index is -0.755. The van der Waals surface area contributed by atoms with Gasteiger partial charge in [0, 0.05) is 48.4 Å². The molecular formula is C29H26N6O8. The van der Waals surface area contributed by atoms with Crippen molar-refractivity contribution in [3.63, 3.8) is 0 Å². The third-order valence-electron chi connectivity index (χ3n) is 7.94. The first-order valence-electron chi connectivity index (χ1n) is 13.7. The van der Waals surface area contributed by atoms with Gasteiger partial charge in [0.1, 0.15) is 18.5 Å². The molecule has 2 aromatic carbocycles. The van der Waals surface area contributed by atoms with Crippen LogP contribution >= 0.6 is 0 Å². The SMILES string of the molecule is O=C1CCC(N2Cc3ccc(NC(=O)CC(=O)Nc4ccc5c(c4)C(=O)N(C4CCC(=O)NC4=O)C5)cc3C2=O)C(=O)N1. The molecule has 14 nitrogen and oxygen atoms in total. The van der Waals surface area contributed by atoms with E-state index in [9.17, 15) is 38.4 Å². The van der Waals surface area contributed by atoms with Gasteiger partial charge in [0.15, 0.2) is 0 Å². The predicted octanol–water partition coefficient (Wildman–Crippen LogP) is 0.176. The zero-order valence-electron chi connectivity index (χ0n) is 22.7. The highest BCUT2D eigenvalue weighted by Gasteiger charge is 2.40. The van der Waals surface area contributed by atoms with Crippen molar-refractivity contribution in [1.29, 1.82) is 0 Å². The Morgan fingerprint density at radius 1 is 0.674 bits per heavy atom. The highest BCUT2D eigenvalue weighted by molar-refractivity contribution is 6.10. The van der Waals surface area contributed by atoms with Crippen molar-refractivity contribution >= 4 is 58.6 Å². The van der Waals surface area contributed by atoms with E-state index in [1.807, 2.05) is 0 Å². The lowest BCUT2D eigenvalue weighted by Gasteiger charge is -2.29. The van der Waals surface area contributed by atoms with Crippen LogP contribution in [0.15, 0.2) is 36.4 Å². The predicted molar refractivity (Wildman–Crippen MR) is 147 cm³/mol. The first-order valence-corrected chi connectivity index (χ1v) is 13.7. The zero-order chi connectivity index (χ0) is 30.4. The summed E-state index contributed by atoms with van der Waals surface area (Å²) < 4.78 is 0. The molecule has 2 unspecified atom stereocenters. The number of piperidine rings is 2. The molecular weight excluding hydrogens is 560 g/mol. The number of hydrogen-bond donors (Lipinski definition) is 4. The van der Waals surface area contributed by atoms with E-state index in [-0.39, 0.29) is 62.4 Å². The molecule has 0 bridgehead atoms. The second kappa shape index (κ2) is 10.8. The Balaban J connectivity index is 1.05. The first kappa shape index (κ1) is 27.8. The second-order valence-corrected chi connectivity index (χ2v) is 10.8. The van der Waals surface area contributed by atoms with Crippen LogP contribution in [0.5, 0.6) is 0 Å². The van der Waals surface area contributed by atoms with Crippen LogP contribution in [-0.2, 0) is 41.9 Å². The van der Waals surface area contributed by atoms with Crippen LogP contribution in [0, 0.1) is 0 Å². The summed E-state index contributed by atoms with van der Waals surface area (Å²) in [6, 6.07) is 7.97. The van der Waals surface area contributed by atoms with Crippen LogP contribution in [0.4, 0.5) is 11.4 Å². The van der Waals surface area contributed by atoms with Crippen LogP contribution in [0.2, 0.25) is 0 Å². The number of fused-ring (bicyclic) bond motifs is 2. The van der Waals surface area contributed by atoms with Crippen molar-refractivity contribution in [3.05, 3.63) is 58.7 Å². The minimum Gasteiger partial charge on any atom is -0.326 e. The Bertz CT molecular complexity index is 1530. The molecule has 4 N–H and O–H groups in total. The number of anilines is 2. The Morgan fingerprint density at radius 2 is 1.09 bits per heavy atom. The Morgan fingerprint density at radius 3 is 1.49 bits per heavy atom. The molecule has 0 spiro atoms.